The van der Waals surface area contributed by atoms with Gasteiger partial charge in [-0.3, -0.25) is 13.2 Å². The van der Waals surface area contributed by atoms with Gasteiger partial charge in [0.2, 0.25) is 0 Å². The van der Waals surface area contributed by atoms with E-state index in [1.165, 1.54) is 0 Å². The van der Waals surface area contributed by atoms with E-state index in [0.29, 0.717) is 0 Å². The minimum Gasteiger partial charge on any atom is 2.00 e. The molecule has 0 amide bonds. The summed E-state index contributed by atoms with van der Waals surface area (Å²) in [4.78, 5) is 0. The molecule has 1 saturated heterocycles. The molecule has 0 aromatic rings. The van der Waals surface area contributed by atoms with Crippen LogP contribution in [0.25, 0.3) is 0 Å². The van der Waals surface area contributed by atoms with Crippen LogP contribution in [0.5, 0.6) is 0 Å². The van der Waals surface area contributed by atoms with Crippen LogP contribution < -0.4 is 0 Å². The van der Waals surface area contributed by atoms with Gasteiger partial charge in [-0.1, -0.05) is 5.70 Å². The Kier molecular flexibility index (Phi) is 13.2. The summed E-state index contributed by atoms with van der Waals surface area (Å²) in [6, 6.07) is 0. The summed E-state index contributed by atoms with van der Waals surface area (Å²) in [7, 11) is -7.29. The smallest absolute Gasteiger partial charge is 2.00 e. The van der Waals surface area contributed by atoms with Crippen LogP contribution >= 0.6 is 0 Å². The van der Waals surface area contributed by atoms with Crippen molar-refractivity contribution in [2.75, 3.05) is 0 Å². The maximum Gasteiger partial charge on any atom is 2.00 e. The van der Waals surface area contributed by atoms with Gasteiger partial charge in [-0.25, -0.2) is 0 Å². The van der Waals surface area contributed by atoms with E-state index in [-0.39, 0.29) is 21.1 Å². The molecule has 0 aromatic carbocycles. The first-order valence-electron chi connectivity index (χ1n) is 5.04. The molecule has 1 aliphatic heterocycles. The Hall–Kier alpha value is -0.0810. The van der Waals surface area contributed by atoms with E-state index >= 15 is 0 Å². The molecule has 0 spiro atoms. The molecule has 0 saturated carbocycles. The quantitative estimate of drug-likeness (QED) is 0.333. The minimum absolute atomic E-state index is 0. The maximum absolute atomic E-state index is 7.50. The second-order valence-corrected chi connectivity index (χ2v) is 13.2. The summed E-state index contributed by atoms with van der Waals surface area (Å²) in [6.45, 7) is 25.8. The van der Waals surface area contributed by atoms with Crippen molar-refractivity contribution < 1.29 is 42.7 Å². The molecule has 2 atom stereocenters. The molecular formula is C11H16O5PtSi3. The predicted molar refractivity (Wildman–Crippen MR) is 73.9 cm³/mol. The zero-order valence-electron chi connectivity index (χ0n) is 11.6. The summed E-state index contributed by atoms with van der Waals surface area (Å²) < 4.78 is 32.6. The van der Waals surface area contributed by atoms with Crippen LogP contribution in [0.2, 0.25) is 19.6 Å². The van der Waals surface area contributed by atoms with Crippen LogP contribution in [-0.2, 0) is 42.7 Å². The molecule has 0 aliphatic carbocycles. The summed E-state index contributed by atoms with van der Waals surface area (Å²) in [6.07, 6.45) is 0. The van der Waals surface area contributed by atoms with Crippen molar-refractivity contribution in [3.8, 4) is 0 Å². The van der Waals surface area contributed by atoms with Crippen LogP contribution in [-0.4, -0.2) is 25.7 Å². The topological polar surface area (TPSA) is 67.5 Å². The van der Waals surface area contributed by atoms with Gasteiger partial charge in [-0.15, -0.1) is 6.58 Å². The van der Waals surface area contributed by atoms with Crippen molar-refractivity contribution in [3.05, 3.63) is 50.1 Å². The zero-order valence-corrected chi connectivity index (χ0v) is 16.8. The normalized spacial score (nSPS) is 34.5. The van der Waals surface area contributed by atoms with E-state index in [0.717, 1.165) is 0 Å². The van der Waals surface area contributed by atoms with Gasteiger partial charge in [0.1, 0.15) is 17.1 Å². The van der Waals surface area contributed by atoms with Crippen molar-refractivity contribution in [1.82, 2.24) is 0 Å². The van der Waals surface area contributed by atoms with Crippen molar-refractivity contribution in [3.63, 3.8) is 0 Å². The fraction of sp³-hybridized carbons (Fsp3) is 0.273. The molecule has 1 fully saturated rings. The molecule has 20 heavy (non-hydrogen) atoms. The first-order chi connectivity index (χ1) is 8.80. The average Bonchev–Trinajstić information content (AvgIpc) is 2.42. The molecule has 1 aliphatic rings. The van der Waals surface area contributed by atoms with Crippen LogP contribution in [0.4, 0.5) is 0 Å². The van der Waals surface area contributed by atoms with Crippen molar-refractivity contribution in [2.24, 2.45) is 0 Å². The third-order valence-corrected chi connectivity index (χ3v) is 13.7. The molecule has 1 rings (SSSR count). The van der Waals surface area contributed by atoms with E-state index in [9.17, 15) is 0 Å². The average molecular weight is 508 g/mol. The monoisotopic (exact) mass is 507 g/mol. The maximum atomic E-state index is 7.50. The van der Waals surface area contributed by atoms with Gasteiger partial charge in [-0.2, -0.15) is 0 Å². The van der Waals surface area contributed by atoms with Gasteiger partial charge in [-0.05, 0) is 19.6 Å². The SMILES string of the molecule is C=[C-][Si]1(C)O[Si](C)([C-]=C)O[Si](C)(C=C)O1.[C-]#[O+].[C-]#[O+].[Pt+2]. The minimum atomic E-state index is -2.46. The van der Waals surface area contributed by atoms with Crippen molar-refractivity contribution in [1.29, 1.82) is 0 Å². The van der Waals surface area contributed by atoms with E-state index in [2.05, 4.69) is 44.4 Å². The molecule has 1 heterocycles. The Morgan fingerprint density at radius 2 is 1.20 bits per heavy atom. The van der Waals surface area contributed by atoms with Crippen LogP contribution in [0.1, 0.15) is 0 Å². The van der Waals surface area contributed by atoms with E-state index in [4.69, 9.17) is 21.6 Å². The third kappa shape index (κ3) is 7.08. The van der Waals surface area contributed by atoms with Crippen LogP contribution in [0.15, 0.2) is 25.4 Å². The molecule has 0 radical (unpaired) electrons. The molecule has 0 N–H and O–H groups in total. The standard InChI is InChI=1S/C9H16O3Si3.2CO.Pt/c1-7-13(4)10-14(5,8-2)12-15(6,9-3)11-13;2*1-2;/h7H,1-3H2,4-6H3;;;/q-2;;;+2. The fourth-order valence-corrected chi connectivity index (χ4v) is 14.0. The Labute approximate surface area is 138 Å². The molecule has 5 nitrogen and oxygen atoms in total. The first kappa shape index (κ1) is 24.9. The molecule has 9 heteroatoms. The van der Waals surface area contributed by atoms with Gasteiger partial charge in [0.15, 0.2) is 0 Å². The number of rotatable bonds is 3. The van der Waals surface area contributed by atoms with Gasteiger partial charge >= 0.3 is 52.2 Å². The van der Waals surface area contributed by atoms with E-state index < -0.39 is 25.7 Å². The predicted octanol–water partition coefficient (Wildman–Crippen LogP) is 1.97. The number of hydrogen-bond donors (Lipinski definition) is 0. The Bertz CT molecular complexity index is 323. The summed E-state index contributed by atoms with van der Waals surface area (Å²) in [5, 5.41) is 0. The van der Waals surface area contributed by atoms with Crippen molar-refractivity contribution >= 4 is 25.7 Å². The zero-order chi connectivity index (χ0) is 15.7. The number of hydrogen-bond acceptors (Lipinski definition) is 3. The van der Waals surface area contributed by atoms with Crippen LogP contribution in [0, 0.1) is 24.7 Å². The third-order valence-electron chi connectivity index (χ3n) is 2.20. The summed E-state index contributed by atoms with van der Waals surface area (Å²) in [5.41, 5.74) is 7.51. The van der Waals surface area contributed by atoms with Gasteiger partial charge in [0, 0.05) is 0 Å². The summed E-state index contributed by atoms with van der Waals surface area (Å²) >= 11 is 0. The van der Waals surface area contributed by atoms with Gasteiger partial charge < -0.3 is 23.7 Å². The molecule has 0 bridgehead atoms. The van der Waals surface area contributed by atoms with Gasteiger partial charge in [0.25, 0.3) is 0 Å². The Morgan fingerprint density at radius 1 is 0.900 bits per heavy atom. The molecule has 112 valence electrons. The first-order valence-corrected chi connectivity index (χ1v) is 12.1. The largest absolute Gasteiger partial charge is 2.00 e. The molecular weight excluding hydrogens is 491 g/mol. The second kappa shape index (κ2) is 10.6. The van der Waals surface area contributed by atoms with Crippen molar-refractivity contribution in [2.45, 2.75) is 19.6 Å². The van der Waals surface area contributed by atoms with E-state index in [1.54, 1.807) is 5.70 Å². The molecule has 2 unspecified atom stereocenters. The van der Waals surface area contributed by atoms with Gasteiger partial charge in [0.05, 0.1) is 0 Å². The summed E-state index contributed by atoms with van der Waals surface area (Å²) in [5.74, 6) is 0. The second-order valence-electron chi connectivity index (χ2n) is 3.77. The van der Waals surface area contributed by atoms with E-state index in [1.807, 2.05) is 19.6 Å². The Balaban J connectivity index is -0.000000529. The van der Waals surface area contributed by atoms with Crippen LogP contribution in [0.3, 0.4) is 0 Å². The Morgan fingerprint density at radius 3 is 1.40 bits per heavy atom. The fourth-order valence-electron chi connectivity index (χ4n) is 1.44. The molecule has 0 aromatic heterocycles.